The van der Waals surface area contributed by atoms with E-state index in [1.54, 1.807) is 6.08 Å². The van der Waals surface area contributed by atoms with Crippen molar-refractivity contribution >= 4 is 12.2 Å². The maximum absolute atomic E-state index is 10.3. The fraction of sp³-hybridized carbons (Fsp3) is 0.857. The van der Waals surface area contributed by atoms with E-state index in [0.29, 0.717) is 13.0 Å². The van der Waals surface area contributed by atoms with Crippen molar-refractivity contribution in [2.24, 2.45) is 9.98 Å². The lowest BCUT2D eigenvalue weighted by molar-refractivity contribution is 0.504. The van der Waals surface area contributed by atoms with Crippen molar-refractivity contribution in [1.29, 1.82) is 0 Å². The minimum atomic E-state index is -0.0322. The van der Waals surface area contributed by atoms with Crippen LogP contribution in [0.1, 0.15) is 64.7 Å². The van der Waals surface area contributed by atoms with Crippen LogP contribution in [-0.2, 0) is 9.59 Å². The second-order valence-corrected chi connectivity index (χ2v) is 4.55. The Morgan fingerprint density at radius 1 is 0.889 bits per heavy atom. The maximum atomic E-state index is 10.3. The van der Waals surface area contributed by atoms with Gasteiger partial charge in [0.1, 0.15) is 0 Å². The zero-order chi connectivity index (χ0) is 13.5. The third-order valence-electron chi connectivity index (χ3n) is 3.01. The van der Waals surface area contributed by atoms with Gasteiger partial charge in [-0.25, -0.2) is 19.6 Å². The molecule has 1 atom stereocenters. The fourth-order valence-electron chi connectivity index (χ4n) is 1.94. The van der Waals surface area contributed by atoms with E-state index in [4.69, 9.17) is 0 Å². The largest absolute Gasteiger partial charge is 0.235 e. The van der Waals surface area contributed by atoms with Crippen molar-refractivity contribution in [3.8, 4) is 0 Å². The van der Waals surface area contributed by atoms with Gasteiger partial charge in [0.2, 0.25) is 12.2 Å². The molecule has 0 radical (unpaired) electrons. The molecule has 0 spiro atoms. The molecule has 18 heavy (non-hydrogen) atoms. The third-order valence-corrected chi connectivity index (χ3v) is 3.01. The molecule has 0 aromatic rings. The van der Waals surface area contributed by atoms with Crippen LogP contribution < -0.4 is 0 Å². The molecule has 0 bridgehead atoms. The molecule has 0 saturated heterocycles. The maximum Gasteiger partial charge on any atom is 0.235 e. The number of aliphatic imine (C=N–C) groups is 2. The van der Waals surface area contributed by atoms with Crippen molar-refractivity contribution in [2.75, 3.05) is 6.54 Å². The predicted octanol–water partition coefficient (Wildman–Crippen LogP) is 3.56. The lowest BCUT2D eigenvalue weighted by Crippen LogP contribution is -2.06. The third kappa shape index (κ3) is 11.3. The number of isocyanates is 2. The first-order valence-electron chi connectivity index (χ1n) is 6.95. The highest BCUT2D eigenvalue weighted by Crippen LogP contribution is 2.12. The first kappa shape index (κ1) is 16.8. The average molecular weight is 252 g/mol. The Morgan fingerprint density at radius 3 is 2.17 bits per heavy atom. The Hall–Kier alpha value is -1.24. The molecule has 102 valence electrons. The van der Waals surface area contributed by atoms with Crippen LogP contribution in [0.25, 0.3) is 0 Å². The minimum Gasteiger partial charge on any atom is -0.211 e. The van der Waals surface area contributed by atoms with Crippen LogP contribution in [0.4, 0.5) is 0 Å². The molecule has 0 aliphatic carbocycles. The summed E-state index contributed by atoms with van der Waals surface area (Å²) in [6.45, 7) is 2.61. The molecule has 0 saturated carbocycles. The van der Waals surface area contributed by atoms with Crippen LogP contribution >= 0.6 is 0 Å². The van der Waals surface area contributed by atoms with Crippen molar-refractivity contribution in [1.82, 2.24) is 0 Å². The van der Waals surface area contributed by atoms with Gasteiger partial charge >= 0.3 is 0 Å². The summed E-state index contributed by atoms with van der Waals surface area (Å²) in [5, 5.41) is 0. The molecule has 4 nitrogen and oxygen atoms in total. The second-order valence-electron chi connectivity index (χ2n) is 4.55. The van der Waals surface area contributed by atoms with Crippen LogP contribution in [0.5, 0.6) is 0 Å². The Bertz CT molecular complexity index is 280. The molecule has 0 fully saturated rings. The van der Waals surface area contributed by atoms with Gasteiger partial charge in [-0.1, -0.05) is 51.9 Å². The topological polar surface area (TPSA) is 58.9 Å². The summed E-state index contributed by atoms with van der Waals surface area (Å²) in [7, 11) is 0. The number of carbonyl (C=O) groups excluding carboxylic acids is 2. The van der Waals surface area contributed by atoms with Gasteiger partial charge in [-0.3, -0.25) is 0 Å². The van der Waals surface area contributed by atoms with Crippen molar-refractivity contribution in [3.63, 3.8) is 0 Å². The van der Waals surface area contributed by atoms with Gasteiger partial charge in [-0.2, -0.15) is 0 Å². The first-order valence-corrected chi connectivity index (χ1v) is 6.95. The fourth-order valence-corrected chi connectivity index (χ4v) is 1.94. The van der Waals surface area contributed by atoms with Crippen LogP contribution in [0.3, 0.4) is 0 Å². The standard InChI is InChI=1S/C14H24N2O2/c1-2-3-4-5-6-7-8-9-14(16-13-18)10-11-15-12-17/h14H,2-11H2,1H3. The first-order chi connectivity index (χ1) is 8.85. The van der Waals surface area contributed by atoms with Gasteiger partial charge < -0.3 is 0 Å². The smallest absolute Gasteiger partial charge is 0.211 e. The molecular formula is C14H24N2O2. The zero-order valence-electron chi connectivity index (χ0n) is 11.4. The zero-order valence-corrected chi connectivity index (χ0v) is 11.4. The van der Waals surface area contributed by atoms with E-state index in [9.17, 15) is 9.59 Å². The average Bonchev–Trinajstić information content (AvgIpc) is 2.38. The van der Waals surface area contributed by atoms with E-state index in [1.807, 2.05) is 0 Å². The molecule has 0 heterocycles. The highest BCUT2D eigenvalue weighted by atomic mass is 16.1. The van der Waals surface area contributed by atoms with Gasteiger partial charge in [-0.15, -0.1) is 0 Å². The van der Waals surface area contributed by atoms with Gasteiger partial charge in [0.15, 0.2) is 0 Å². The lowest BCUT2D eigenvalue weighted by Gasteiger charge is -2.08. The summed E-state index contributed by atoms with van der Waals surface area (Å²) < 4.78 is 0. The summed E-state index contributed by atoms with van der Waals surface area (Å²) in [4.78, 5) is 27.4. The monoisotopic (exact) mass is 252 g/mol. The second kappa shape index (κ2) is 13.8. The van der Waals surface area contributed by atoms with Crippen molar-refractivity contribution in [3.05, 3.63) is 0 Å². The van der Waals surface area contributed by atoms with E-state index in [-0.39, 0.29) is 6.04 Å². The molecule has 1 unspecified atom stereocenters. The highest BCUT2D eigenvalue weighted by Gasteiger charge is 2.05. The number of unbranched alkanes of at least 4 members (excludes halogenated alkanes) is 6. The van der Waals surface area contributed by atoms with E-state index in [1.165, 1.54) is 44.6 Å². The van der Waals surface area contributed by atoms with Crippen LogP contribution in [-0.4, -0.2) is 24.7 Å². The van der Waals surface area contributed by atoms with Crippen LogP contribution in [0.15, 0.2) is 9.98 Å². The van der Waals surface area contributed by atoms with Gasteiger partial charge in [0.05, 0.1) is 12.6 Å². The molecule has 0 aliphatic rings. The van der Waals surface area contributed by atoms with E-state index < -0.39 is 0 Å². The molecule has 0 amide bonds. The molecular weight excluding hydrogens is 228 g/mol. The molecule has 4 heteroatoms. The van der Waals surface area contributed by atoms with Crippen molar-refractivity contribution in [2.45, 2.75) is 70.8 Å². The Balaban J connectivity index is 3.57. The van der Waals surface area contributed by atoms with Crippen LogP contribution in [0.2, 0.25) is 0 Å². The normalized spacial score (nSPS) is 11.4. The summed E-state index contributed by atoms with van der Waals surface area (Å²) >= 11 is 0. The summed E-state index contributed by atoms with van der Waals surface area (Å²) in [6.07, 6.45) is 13.3. The Labute approximate surface area is 110 Å². The molecule has 0 N–H and O–H groups in total. The lowest BCUT2D eigenvalue weighted by atomic mass is 10.0. The Kier molecular flexibility index (Phi) is 12.9. The van der Waals surface area contributed by atoms with E-state index >= 15 is 0 Å². The summed E-state index contributed by atoms with van der Waals surface area (Å²) in [6, 6.07) is -0.0322. The van der Waals surface area contributed by atoms with Gasteiger partial charge in [-0.05, 0) is 12.8 Å². The molecule has 0 aromatic heterocycles. The molecule has 0 rings (SSSR count). The van der Waals surface area contributed by atoms with Gasteiger partial charge in [0.25, 0.3) is 0 Å². The van der Waals surface area contributed by atoms with E-state index in [0.717, 1.165) is 12.8 Å². The number of rotatable bonds is 12. The number of hydrogen-bond acceptors (Lipinski definition) is 4. The quantitative estimate of drug-likeness (QED) is 0.303. The SMILES string of the molecule is CCCCCCCCCC(CCN=C=O)N=C=O. The molecule has 0 aromatic carbocycles. The van der Waals surface area contributed by atoms with Crippen molar-refractivity contribution < 1.29 is 9.59 Å². The van der Waals surface area contributed by atoms with E-state index in [2.05, 4.69) is 16.9 Å². The summed E-state index contributed by atoms with van der Waals surface area (Å²) in [5.41, 5.74) is 0. The minimum absolute atomic E-state index is 0.0322. The molecule has 0 aliphatic heterocycles. The highest BCUT2D eigenvalue weighted by molar-refractivity contribution is 5.34. The Morgan fingerprint density at radius 2 is 1.56 bits per heavy atom. The van der Waals surface area contributed by atoms with Gasteiger partial charge in [0, 0.05) is 0 Å². The number of hydrogen-bond donors (Lipinski definition) is 0. The van der Waals surface area contributed by atoms with Crippen LogP contribution in [0, 0.1) is 0 Å². The summed E-state index contributed by atoms with van der Waals surface area (Å²) in [5.74, 6) is 0. The number of nitrogens with zero attached hydrogens (tertiary/aromatic N) is 2. The predicted molar refractivity (Wildman–Crippen MR) is 72.1 cm³/mol.